The molecule has 0 atom stereocenters. The Morgan fingerprint density at radius 3 is 2.45 bits per heavy atom. The molecule has 4 heteroatoms. The molecule has 0 unspecified atom stereocenters. The van der Waals surface area contributed by atoms with Crippen LogP contribution in [-0.2, 0) is 5.88 Å². The number of halogens is 3. The van der Waals surface area contributed by atoms with Gasteiger partial charge in [-0.15, -0.1) is 11.6 Å². The summed E-state index contributed by atoms with van der Waals surface area (Å²) in [6.45, 7) is 0. The van der Waals surface area contributed by atoms with Crippen LogP contribution in [0.15, 0.2) is 12.1 Å². The van der Waals surface area contributed by atoms with Crippen molar-refractivity contribution in [2.24, 2.45) is 0 Å². The van der Waals surface area contributed by atoms with Crippen LogP contribution in [0.5, 0.6) is 5.75 Å². The molecule has 0 aliphatic rings. The maximum Gasteiger partial charge on any atom is 0.121 e. The van der Waals surface area contributed by atoms with E-state index >= 15 is 0 Å². The third-order valence-corrected chi connectivity index (χ3v) is 4.74. The number of hydrogen-bond donors (Lipinski definition) is 1. The summed E-state index contributed by atoms with van der Waals surface area (Å²) in [5, 5.41) is 9.32. The van der Waals surface area contributed by atoms with Crippen LogP contribution in [0.1, 0.15) is 5.56 Å². The Bertz CT molecular complexity index is 275. The van der Waals surface area contributed by atoms with Crippen LogP contribution in [0.25, 0.3) is 0 Å². The van der Waals surface area contributed by atoms with Crippen LogP contribution in [-0.4, -0.2) is 5.11 Å². The fourth-order valence-electron chi connectivity index (χ4n) is 0.710. The lowest BCUT2D eigenvalue weighted by molar-refractivity contribution is 0.470. The fourth-order valence-corrected chi connectivity index (χ4v) is 2.36. The second-order valence-corrected chi connectivity index (χ2v) is 4.50. The smallest absolute Gasteiger partial charge is 0.121 e. The third-order valence-electron chi connectivity index (χ3n) is 1.30. The van der Waals surface area contributed by atoms with E-state index in [9.17, 15) is 5.11 Å². The largest absolute Gasteiger partial charge is 0.508 e. The van der Waals surface area contributed by atoms with E-state index in [1.807, 2.05) is 6.07 Å². The molecule has 0 heterocycles. The third kappa shape index (κ3) is 2.12. The van der Waals surface area contributed by atoms with Crippen LogP contribution >= 0.6 is 56.8 Å². The monoisotopic (exact) mass is 394 g/mol. The molecule has 0 aliphatic heterocycles. The van der Waals surface area contributed by atoms with Crippen molar-refractivity contribution >= 4 is 56.8 Å². The van der Waals surface area contributed by atoms with Crippen molar-refractivity contribution in [2.45, 2.75) is 5.88 Å². The number of phenolic OH excluding ortho intramolecular Hbond substituents is 1. The Labute approximate surface area is 97.4 Å². The van der Waals surface area contributed by atoms with Gasteiger partial charge < -0.3 is 5.11 Å². The van der Waals surface area contributed by atoms with E-state index in [1.54, 1.807) is 6.07 Å². The lowest BCUT2D eigenvalue weighted by Crippen LogP contribution is -1.88. The molecule has 0 fully saturated rings. The van der Waals surface area contributed by atoms with E-state index in [-0.39, 0.29) is 5.75 Å². The van der Waals surface area contributed by atoms with Crippen LogP contribution in [0, 0.1) is 7.14 Å². The summed E-state index contributed by atoms with van der Waals surface area (Å²) in [6.07, 6.45) is 0. The summed E-state index contributed by atoms with van der Waals surface area (Å²) in [6, 6.07) is 3.54. The Kier molecular flexibility index (Phi) is 3.70. The van der Waals surface area contributed by atoms with E-state index < -0.39 is 0 Å². The average Bonchev–Trinajstić information content (AvgIpc) is 1.99. The minimum Gasteiger partial charge on any atom is -0.508 e. The van der Waals surface area contributed by atoms with Gasteiger partial charge in [-0.25, -0.2) is 0 Å². The highest BCUT2D eigenvalue weighted by Gasteiger charge is 2.06. The molecule has 0 aliphatic carbocycles. The topological polar surface area (TPSA) is 20.2 Å². The Hall–Kier alpha value is 0.770. The van der Waals surface area contributed by atoms with Gasteiger partial charge in [0.2, 0.25) is 0 Å². The van der Waals surface area contributed by atoms with Crippen molar-refractivity contribution in [3.8, 4) is 5.75 Å². The molecule has 1 nitrogen and oxygen atoms in total. The van der Waals surface area contributed by atoms with Gasteiger partial charge in [-0.05, 0) is 57.3 Å². The summed E-state index contributed by atoms with van der Waals surface area (Å²) in [5.74, 6) is 0.644. The zero-order chi connectivity index (χ0) is 8.43. The van der Waals surface area contributed by atoms with Gasteiger partial charge >= 0.3 is 0 Å². The molecule has 0 saturated heterocycles. The summed E-state index contributed by atoms with van der Waals surface area (Å²) in [5.41, 5.74) is 0.819. The molecule has 0 amide bonds. The second kappa shape index (κ2) is 4.13. The lowest BCUT2D eigenvalue weighted by Gasteiger charge is -2.04. The highest BCUT2D eigenvalue weighted by Crippen LogP contribution is 2.28. The number of phenols is 1. The zero-order valence-electron chi connectivity index (χ0n) is 5.44. The molecule has 0 radical (unpaired) electrons. The highest BCUT2D eigenvalue weighted by molar-refractivity contribution is 14.1. The van der Waals surface area contributed by atoms with Crippen LogP contribution in [0.3, 0.4) is 0 Å². The predicted octanol–water partition coefficient (Wildman–Crippen LogP) is 3.34. The van der Waals surface area contributed by atoms with E-state index in [4.69, 9.17) is 11.6 Å². The molecule has 0 saturated carbocycles. The number of aromatic hydroxyl groups is 1. The molecule has 11 heavy (non-hydrogen) atoms. The predicted molar refractivity (Wildman–Crippen MR) is 63.1 cm³/mol. The van der Waals surface area contributed by atoms with Gasteiger partial charge in [0, 0.05) is 12.7 Å². The van der Waals surface area contributed by atoms with E-state index in [2.05, 4.69) is 45.2 Å². The van der Waals surface area contributed by atoms with Gasteiger partial charge in [-0.1, -0.05) is 0 Å². The van der Waals surface area contributed by atoms with Crippen molar-refractivity contribution in [2.75, 3.05) is 0 Å². The number of alkyl halides is 1. The van der Waals surface area contributed by atoms with Gasteiger partial charge in [-0.3, -0.25) is 0 Å². The van der Waals surface area contributed by atoms with E-state index in [0.29, 0.717) is 5.88 Å². The normalized spacial score (nSPS) is 10.1. The van der Waals surface area contributed by atoms with Gasteiger partial charge in [0.05, 0.1) is 5.88 Å². The standard InChI is InChI=1S/C7H5ClI2O/c8-3-4-6(11)2-1-5(9)7(4)10/h1-2,11H,3H2. The molecule has 0 aromatic heterocycles. The minimum absolute atomic E-state index is 0.282. The molecule has 1 aromatic rings. The minimum atomic E-state index is 0.282. The fraction of sp³-hybridized carbons (Fsp3) is 0.143. The molecular weight excluding hydrogens is 389 g/mol. The lowest BCUT2D eigenvalue weighted by atomic mass is 10.2. The van der Waals surface area contributed by atoms with Crippen LogP contribution < -0.4 is 0 Å². The molecule has 0 bridgehead atoms. The molecule has 1 rings (SSSR count). The van der Waals surface area contributed by atoms with Crippen LogP contribution in [0.2, 0.25) is 0 Å². The van der Waals surface area contributed by atoms with Crippen molar-refractivity contribution in [3.05, 3.63) is 24.8 Å². The summed E-state index contributed by atoms with van der Waals surface area (Å²) in [7, 11) is 0. The Morgan fingerprint density at radius 1 is 1.36 bits per heavy atom. The number of hydrogen-bond acceptors (Lipinski definition) is 1. The molecule has 1 N–H and O–H groups in total. The van der Waals surface area contributed by atoms with Crippen molar-refractivity contribution < 1.29 is 5.11 Å². The Balaban J connectivity index is 3.29. The summed E-state index contributed by atoms with van der Waals surface area (Å²) >= 11 is 10.0. The maximum absolute atomic E-state index is 9.32. The van der Waals surface area contributed by atoms with Crippen LogP contribution in [0.4, 0.5) is 0 Å². The average molecular weight is 394 g/mol. The van der Waals surface area contributed by atoms with E-state index in [0.717, 1.165) is 12.7 Å². The van der Waals surface area contributed by atoms with E-state index in [1.165, 1.54) is 0 Å². The molecule has 0 spiro atoms. The maximum atomic E-state index is 9.32. The number of benzene rings is 1. The first-order chi connectivity index (χ1) is 5.16. The summed E-state index contributed by atoms with van der Waals surface area (Å²) in [4.78, 5) is 0. The van der Waals surface area contributed by atoms with Crippen molar-refractivity contribution in [3.63, 3.8) is 0 Å². The van der Waals surface area contributed by atoms with Gasteiger partial charge in [0.15, 0.2) is 0 Å². The SMILES string of the molecule is Oc1ccc(I)c(I)c1CCl. The van der Waals surface area contributed by atoms with Gasteiger partial charge in [0.1, 0.15) is 5.75 Å². The first kappa shape index (κ1) is 9.85. The molecular formula is C7H5ClI2O. The van der Waals surface area contributed by atoms with Crippen molar-refractivity contribution in [1.82, 2.24) is 0 Å². The quantitative estimate of drug-likeness (QED) is 0.572. The molecule has 1 aromatic carbocycles. The van der Waals surface area contributed by atoms with Crippen molar-refractivity contribution in [1.29, 1.82) is 0 Å². The second-order valence-electron chi connectivity index (χ2n) is 1.99. The Morgan fingerprint density at radius 2 is 2.00 bits per heavy atom. The zero-order valence-corrected chi connectivity index (χ0v) is 10.5. The summed E-state index contributed by atoms with van der Waals surface area (Å²) < 4.78 is 2.16. The van der Waals surface area contributed by atoms with Gasteiger partial charge in [0.25, 0.3) is 0 Å². The highest BCUT2D eigenvalue weighted by atomic mass is 127. The van der Waals surface area contributed by atoms with Gasteiger partial charge in [-0.2, -0.15) is 0 Å². The first-order valence-electron chi connectivity index (χ1n) is 2.88. The first-order valence-corrected chi connectivity index (χ1v) is 5.58. The molecule has 60 valence electrons. The number of rotatable bonds is 1.